The van der Waals surface area contributed by atoms with Gasteiger partial charge in [0.05, 0.1) is 7.11 Å². The van der Waals surface area contributed by atoms with Gasteiger partial charge in [-0.3, -0.25) is 4.99 Å². The van der Waals surface area contributed by atoms with Crippen LogP contribution in [-0.4, -0.2) is 34.3 Å². The highest BCUT2D eigenvalue weighted by molar-refractivity contribution is 7.47. The van der Waals surface area contributed by atoms with Gasteiger partial charge in [-0.2, -0.15) is 0 Å². The quantitative estimate of drug-likeness (QED) is 0.383. The molecule has 2 unspecified atom stereocenters. The van der Waals surface area contributed by atoms with Crippen LogP contribution in [0.25, 0.3) is 0 Å². The van der Waals surface area contributed by atoms with E-state index in [-0.39, 0.29) is 6.79 Å². The number of methoxy groups -OCH3 is 2. The molecule has 0 spiro atoms. The Morgan fingerprint density at radius 2 is 1.96 bits per heavy atom. The zero-order chi connectivity index (χ0) is 18.1. The molecular weight excluding hydrogens is 333 g/mol. The smallest absolute Gasteiger partial charge is 0.188 e. The first-order valence-corrected chi connectivity index (χ1v) is 9.38. The molecule has 0 amide bonds. The van der Waals surface area contributed by atoms with E-state index in [4.69, 9.17) is 14.2 Å². The maximum absolute atomic E-state index is 5.78. The lowest BCUT2D eigenvalue weighted by atomic mass is 10.1. The molecule has 0 radical (unpaired) electrons. The average molecular weight is 359 g/mol. The van der Waals surface area contributed by atoms with Crippen LogP contribution in [0.5, 0.6) is 11.5 Å². The fourth-order valence-corrected chi connectivity index (χ4v) is 4.11. The summed E-state index contributed by atoms with van der Waals surface area (Å²) in [6, 6.07) is 14.4. The summed E-state index contributed by atoms with van der Waals surface area (Å²) in [6.45, 7) is 2.44. The third kappa shape index (κ3) is 5.29. The highest BCUT2D eigenvalue weighted by atomic mass is 31.1. The van der Waals surface area contributed by atoms with Crippen molar-refractivity contribution in [3.8, 4) is 11.5 Å². The number of hydrogen-bond donors (Lipinski definition) is 0. The summed E-state index contributed by atoms with van der Waals surface area (Å²) in [5.74, 6) is 1.69. The van der Waals surface area contributed by atoms with Crippen LogP contribution in [-0.2, 0) is 4.74 Å². The van der Waals surface area contributed by atoms with E-state index in [1.807, 2.05) is 24.4 Å². The maximum Gasteiger partial charge on any atom is 0.188 e. The zero-order valence-corrected chi connectivity index (χ0v) is 16.3. The molecule has 2 aromatic rings. The van der Waals surface area contributed by atoms with Gasteiger partial charge in [0.25, 0.3) is 0 Å². The molecule has 0 aromatic heterocycles. The van der Waals surface area contributed by atoms with Crippen molar-refractivity contribution in [2.24, 2.45) is 4.99 Å². The van der Waals surface area contributed by atoms with E-state index in [0.717, 1.165) is 23.5 Å². The molecule has 134 valence electrons. The largest absolute Gasteiger partial charge is 0.497 e. The lowest BCUT2D eigenvalue weighted by Gasteiger charge is -2.21. The summed E-state index contributed by atoms with van der Waals surface area (Å²) >= 11 is 0. The summed E-state index contributed by atoms with van der Waals surface area (Å²) < 4.78 is 16.3. The van der Waals surface area contributed by atoms with Crippen LogP contribution in [0.1, 0.15) is 30.1 Å². The standard InChI is InChI=1S/C20H26NO3P/c1-5-19(25-20-9-7-6-8-15(20)13-21-2)17-12-16(23-4)10-11-18(17)24-14-22-3/h6-13,19,25H,5,14H2,1-4H3. The van der Waals surface area contributed by atoms with E-state index in [2.05, 4.69) is 36.2 Å². The molecule has 2 rings (SSSR count). The first kappa shape index (κ1) is 19.4. The highest BCUT2D eigenvalue weighted by Gasteiger charge is 2.18. The Labute approximate surface area is 152 Å². The van der Waals surface area contributed by atoms with Gasteiger partial charge in [-0.25, -0.2) is 0 Å². The molecule has 0 N–H and O–H groups in total. The average Bonchev–Trinajstić information content (AvgIpc) is 2.66. The molecule has 0 aliphatic carbocycles. The van der Waals surface area contributed by atoms with Crippen LogP contribution in [0.3, 0.4) is 0 Å². The van der Waals surface area contributed by atoms with E-state index in [0.29, 0.717) is 14.2 Å². The Hall–Kier alpha value is -1.90. The number of aliphatic imine (C=N–C) groups is 1. The van der Waals surface area contributed by atoms with Gasteiger partial charge in [0.15, 0.2) is 6.79 Å². The highest BCUT2D eigenvalue weighted by Crippen LogP contribution is 2.43. The normalized spacial score (nSPS) is 12.8. The first-order chi connectivity index (χ1) is 12.2. The third-order valence-corrected chi connectivity index (χ3v) is 5.73. The molecule has 5 heteroatoms. The van der Waals surface area contributed by atoms with Crippen LogP contribution in [0, 0.1) is 0 Å². The summed E-state index contributed by atoms with van der Waals surface area (Å²) in [6.07, 6.45) is 2.93. The second kappa shape index (κ2) is 10.2. The van der Waals surface area contributed by atoms with E-state index in [9.17, 15) is 0 Å². The molecule has 0 saturated carbocycles. The topological polar surface area (TPSA) is 40.0 Å². The lowest BCUT2D eigenvalue weighted by molar-refractivity contribution is 0.0503. The van der Waals surface area contributed by atoms with Crippen molar-refractivity contribution in [1.29, 1.82) is 0 Å². The summed E-state index contributed by atoms with van der Waals surface area (Å²) in [7, 11) is 5.73. The first-order valence-electron chi connectivity index (χ1n) is 8.30. The minimum atomic E-state index is 0.234. The van der Waals surface area contributed by atoms with E-state index in [1.54, 1.807) is 21.3 Å². The number of benzene rings is 2. The Kier molecular flexibility index (Phi) is 7.90. The molecule has 0 fully saturated rings. The molecule has 4 nitrogen and oxygen atoms in total. The van der Waals surface area contributed by atoms with Crippen molar-refractivity contribution in [2.45, 2.75) is 19.0 Å². The lowest BCUT2D eigenvalue weighted by Crippen LogP contribution is -2.08. The van der Waals surface area contributed by atoms with Crippen LogP contribution >= 0.6 is 8.58 Å². The van der Waals surface area contributed by atoms with Crippen molar-refractivity contribution in [1.82, 2.24) is 0 Å². The van der Waals surface area contributed by atoms with Gasteiger partial charge >= 0.3 is 0 Å². The molecule has 0 saturated heterocycles. The third-order valence-electron chi connectivity index (χ3n) is 3.89. The van der Waals surface area contributed by atoms with Gasteiger partial charge in [0.1, 0.15) is 11.5 Å². The second-order valence-corrected chi connectivity index (χ2v) is 7.06. The van der Waals surface area contributed by atoms with Crippen molar-refractivity contribution in [2.75, 3.05) is 28.1 Å². The van der Waals surface area contributed by atoms with E-state index in [1.165, 1.54) is 10.9 Å². The van der Waals surface area contributed by atoms with Gasteiger partial charge in [0.2, 0.25) is 0 Å². The van der Waals surface area contributed by atoms with Crippen LogP contribution < -0.4 is 14.8 Å². The van der Waals surface area contributed by atoms with E-state index >= 15 is 0 Å². The molecule has 25 heavy (non-hydrogen) atoms. The number of ether oxygens (including phenoxy) is 3. The summed E-state index contributed by atoms with van der Waals surface area (Å²) in [5.41, 5.74) is 2.66. The fraction of sp³-hybridized carbons (Fsp3) is 0.350. The van der Waals surface area contributed by atoms with E-state index < -0.39 is 0 Å². The van der Waals surface area contributed by atoms with Gasteiger partial charge < -0.3 is 14.2 Å². The fourth-order valence-electron chi connectivity index (χ4n) is 2.65. The number of rotatable bonds is 9. The number of hydrogen-bond acceptors (Lipinski definition) is 4. The summed E-state index contributed by atoms with van der Waals surface area (Å²) in [4.78, 5) is 4.18. The Balaban J connectivity index is 2.36. The molecule has 0 bridgehead atoms. The second-order valence-electron chi connectivity index (χ2n) is 5.53. The molecule has 0 aliphatic heterocycles. The van der Waals surface area contributed by atoms with Crippen molar-refractivity contribution in [3.05, 3.63) is 53.6 Å². The SMILES string of the molecule is CCC(Pc1ccccc1C=NC)c1cc(OC)ccc1OCOC. The van der Waals surface area contributed by atoms with Crippen LogP contribution in [0.4, 0.5) is 0 Å². The van der Waals surface area contributed by atoms with Gasteiger partial charge in [-0.15, -0.1) is 0 Å². The molecular formula is C20H26NO3P. The van der Waals surface area contributed by atoms with Gasteiger partial charge in [-0.1, -0.05) is 39.8 Å². The Morgan fingerprint density at radius 3 is 2.64 bits per heavy atom. The number of nitrogens with zero attached hydrogens (tertiary/aromatic N) is 1. The van der Waals surface area contributed by atoms with Gasteiger partial charge in [-0.05, 0) is 35.5 Å². The van der Waals surface area contributed by atoms with Crippen molar-refractivity contribution in [3.63, 3.8) is 0 Å². The molecule has 2 atom stereocenters. The summed E-state index contributed by atoms with van der Waals surface area (Å²) in [5, 5.41) is 1.31. The maximum atomic E-state index is 5.78. The predicted octanol–water partition coefficient (Wildman–Crippen LogP) is 4.18. The minimum Gasteiger partial charge on any atom is -0.497 e. The van der Waals surface area contributed by atoms with Crippen LogP contribution in [0.2, 0.25) is 0 Å². The predicted molar refractivity (Wildman–Crippen MR) is 106 cm³/mol. The Bertz CT molecular complexity index is 703. The molecule has 0 aliphatic rings. The zero-order valence-electron chi connectivity index (χ0n) is 15.3. The van der Waals surface area contributed by atoms with Crippen molar-refractivity contribution < 1.29 is 14.2 Å². The van der Waals surface area contributed by atoms with Crippen molar-refractivity contribution >= 4 is 20.1 Å². The Morgan fingerprint density at radius 1 is 1.16 bits per heavy atom. The molecule has 0 heterocycles. The molecule has 2 aromatic carbocycles. The monoisotopic (exact) mass is 359 g/mol. The van der Waals surface area contributed by atoms with Gasteiger partial charge in [0, 0.05) is 31.6 Å². The van der Waals surface area contributed by atoms with Crippen LogP contribution in [0.15, 0.2) is 47.5 Å². The minimum absolute atomic E-state index is 0.234.